The Kier molecular flexibility index (Phi) is 4.20. The number of nitrogens with zero attached hydrogens (tertiary/aromatic N) is 1. The molecule has 1 spiro atoms. The van der Waals surface area contributed by atoms with Gasteiger partial charge in [0, 0.05) is 19.7 Å². The summed E-state index contributed by atoms with van der Waals surface area (Å²) < 4.78 is 5.86. The van der Waals surface area contributed by atoms with Gasteiger partial charge in [0.05, 0.1) is 5.60 Å². The largest absolute Gasteiger partial charge is 0.374 e. The molecule has 2 heterocycles. The van der Waals surface area contributed by atoms with Gasteiger partial charge in [0.25, 0.3) is 0 Å². The van der Waals surface area contributed by atoms with Crippen molar-refractivity contribution in [3.63, 3.8) is 0 Å². The summed E-state index contributed by atoms with van der Waals surface area (Å²) in [4.78, 5) is 2.38. The minimum Gasteiger partial charge on any atom is -0.374 e. The molecule has 2 nitrogen and oxygen atoms in total. The first kappa shape index (κ1) is 11.0. The lowest BCUT2D eigenvalue weighted by Crippen LogP contribution is -2.38. The van der Waals surface area contributed by atoms with Crippen LogP contribution < -0.4 is 0 Å². The summed E-state index contributed by atoms with van der Waals surface area (Å²) in [6, 6.07) is 0. The Balaban J connectivity index is 0.000000396. The Bertz CT molecular complexity index is 136. The van der Waals surface area contributed by atoms with Crippen LogP contribution in [0.3, 0.4) is 0 Å². The zero-order valence-electron chi connectivity index (χ0n) is 9.31. The molecular formula is C11H23NO. The second-order valence-electron chi connectivity index (χ2n) is 3.98. The predicted octanol–water partition coefficient (Wildman–Crippen LogP) is 2.29. The molecular weight excluding hydrogens is 162 g/mol. The molecule has 2 aliphatic rings. The quantitative estimate of drug-likeness (QED) is 0.574. The van der Waals surface area contributed by atoms with Crippen LogP contribution in [0.1, 0.15) is 39.5 Å². The molecule has 0 aromatic heterocycles. The van der Waals surface area contributed by atoms with Crippen molar-refractivity contribution < 1.29 is 4.74 Å². The van der Waals surface area contributed by atoms with Gasteiger partial charge < -0.3 is 9.64 Å². The molecule has 13 heavy (non-hydrogen) atoms. The van der Waals surface area contributed by atoms with Crippen molar-refractivity contribution in [3.05, 3.63) is 0 Å². The molecule has 2 aliphatic heterocycles. The van der Waals surface area contributed by atoms with Crippen molar-refractivity contribution in [2.75, 3.05) is 26.7 Å². The van der Waals surface area contributed by atoms with Gasteiger partial charge in [0.1, 0.15) is 0 Å². The second kappa shape index (κ2) is 4.97. The smallest absolute Gasteiger partial charge is 0.0820 e. The summed E-state index contributed by atoms with van der Waals surface area (Å²) in [5, 5.41) is 0. The van der Waals surface area contributed by atoms with Crippen molar-refractivity contribution in [2.45, 2.75) is 45.1 Å². The van der Waals surface area contributed by atoms with Gasteiger partial charge in [0.15, 0.2) is 0 Å². The molecule has 0 aliphatic carbocycles. The summed E-state index contributed by atoms with van der Waals surface area (Å²) >= 11 is 0. The SMILES string of the molecule is CC.CN1CCC2(CCCCO2)C1. The molecule has 0 N–H and O–H groups in total. The Morgan fingerprint density at radius 3 is 2.38 bits per heavy atom. The lowest BCUT2D eigenvalue weighted by Gasteiger charge is -2.33. The molecule has 0 saturated carbocycles. The third-order valence-corrected chi connectivity index (χ3v) is 2.94. The van der Waals surface area contributed by atoms with Crippen molar-refractivity contribution in [3.8, 4) is 0 Å². The zero-order valence-corrected chi connectivity index (χ0v) is 9.31. The minimum atomic E-state index is 0.271. The summed E-state index contributed by atoms with van der Waals surface area (Å²) in [7, 11) is 2.19. The fraction of sp³-hybridized carbons (Fsp3) is 1.00. The number of rotatable bonds is 0. The first-order chi connectivity index (χ1) is 6.31. The monoisotopic (exact) mass is 185 g/mol. The fourth-order valence-corrected chi connectivity index (χ4v) is 2.28. The van der Waals surface area contributed by atoms with Crippen molar-refractivity contribution >= 4 is 0 Å². The molecule has 0 radical (unpaired) electrons. The maximum atomic E-state index is 5.86. The van der Waals surface area contributed by atoms with Gasteiger partial charge in [-0.3, -0.25) is 0 Å². The Hall–Kier alpha value is -0.0800. The molecule has 1 unspecified atom stereocenters. The highest BCUT2D eigenvalue weighted by molar-refractivity contribution is 4.92. The normalized spacial score (nSPS) is 34.4. The van der Waals surface area contributed by atoms with E-state index in [0.717, 1.165) is 13.2 Å². The van der Waals surface area contributed by atoms with E-state index in [9.17, 15) is 0 Å². The van der Waals surface area contributed by atoms with E-state index in [4.69, 9.17) is 4.74 Å². The van der Waals surface area contributed by atoms with Crippen LogP contribution in [-0.2, 0) is 4.74 Å². The molecule has 2 saturated heterocycles. The second-order valence-corrected chi connectivity index (χ2v) is 3.98. The molecule has 78 valence electrons. The van der Waals surface area contributed by atoms with Crippen LogP contribution in [0.4, 0.5) is 0 Å². The van der Waals surface area contributed by atoms with Crippen LogP contribution in [0, 0.1) is 0 Å². The highest BCUT2D eigenvalue weighted by Crippen LogP contribution is 2.32. The Labute approximate surface area is 82.3 Å². The molecule has 0 bridgehead atoms. The molecule has 0 aromatic carbocycles. The number of hydrogen-bond donors (Lipinski definition) is 0. The van der Waals surface area contributed by atoms with Gasteiger partial charge >= 0.3 is 0 Å². The van der Waals surface area contributed by atoms with Crippen molar-refractivity contribution in [1.82, 2.24) is 4.90 Å². The number of hydrogen-bond acceptors (Lipinski definition) is 2. The van der Waals surface area contributed by atoms with Crippen LogP contribution in [-0.4, -0.2) is 37.2 Å². The first-order valence-corrected chi connectivity index (χ1v) is 5.63. The van der Waals surface area contributed by atoms with Crippen LogP contribution >= 0.6 is 0 Å². The van der Waals surface area contributed by atoms with E-state index in [-0.39, 0.29) is 5.60 Å². The lowest BCUT2D eigenvalue weighted by molar-refractivity contribution is -0.0684. The van der Waals surface area contributed by atoms with Crippen LogP contribution in [0.2, 0.25) is 0 Å². The van der Waals surface area contributed by atoms with Crippen molar-refractivity contribution in [2.24, 2.45) is 0 Å². The van der Waals surface area contributed by atoms with Gasteiger partial charge in [-0.1, -0.05) is 13.8 Å². The van der Waals surface area contributed by atoms with Crippen molar-refractivity contribution in [1.29, 1.82) is 0 Å². The highest BCUT2D eigenvalue weighted by Gasteiger charge is 2.38. The van der Waals surface area contributed by atoms with Gasteiger partial charge in [-0.2, -0.15) is 0 Å². The molecule has 2 heteroatoms. The summed E-state index contributed by atoms with van der Waals surface area (Å²) in [6.07, 6.45) is 5.18. The number of likely N-dealkylation sites (N-methyl/N-ethyl adjacent to an activating group) is 1. The van der Waals surface area contributed by atoms with Gasteiger partial charge in [-0.25, -0.2) is 0 Å². The first-order valence-electron chi connectivity index (χ1n) is 5.63. The van der Waals surface area contributed by atoms with E-state index in [1.807, 2.05) is 13.8 Å². The molecule has 0 aromatic rings. The van der Waals surface area contributed by atoms with E-state index in [1.165, 1.54) is 32.2 Å². The average molecular weight is 185 g/mol. The lowest BCUT2D eigenvalue weighted by atomic mass is 9.93. The van der Waals surface area contributed by atoms with Crippen LogP contribution in [0.5, 0.6) is 0 Å². The van der Waals surface area contributed by atoms with E-state index in [2.05, 4.69) is 11.9 Å². The van der Waals surface area contributed by atoms with Crippen LogP contribution in [0.15, 0.2) is 0 Å². The Morgan fingerprint density at radius 1 is 1.15 bits per heavy atom. The van der Waals surface area contributed by atoms with Gasteiger partial charge in [0.2, 0.25) is 0 Å². The minimum absolute atomic E-state index is 0.271. The van der Waals surface area contributed by atoms with Gasteiger partial charge in [-0.05, 0) is 32.7 Å². The van der Waals surface area contributed by atoms with E-state index in [1.54, 1.807) is 0 Å². The topological polar surface area (TPSA) is 12.5 Å². The number of ether oxygens (including phenoxy) is 1. The third-order valence-electron chi connectivity index (χ3n) is 2.94. The summed E-state index contributed by atoms with van der Waals surface area (Å²) in [5.41, 5.74) is 0.271. The van der Waals surface area contributed by atoms with E-state index >= 15 is 0 Å². The highest BCUT2D eigenvalue weighted by atomic mass is 16.5. The maximum Gasteiger partial charge on any atom is 0.0820 e. The molecule has 2 fully saturated rings. The zero-order chi connectivity index (χ0) is 9.73. The van der Waals surface area contributed by atoms with E-state index in [0.29, 0.717) is 0 Å². The standard InChI is InChI=1S/C9H17NO.C2H6/c1-10-6-5-9(8-10)4-2-3-7-11-9;1-2/h2-8H2,1H3;1-2H3. The molecule has 1 atom stereocenters. The average Bonchev–Trinajstić information content (AvgIpc) is 2.52. The molecule has 0 amide bonds. The maximum absolute atomic E-state index is 5.86. The summed E-state index contributed by atoms with van der Waals surface area (Å²) in [6.45, 7) is 7.38. The Morgan fingerprint density at radius 2 is 1.92 bits per heavy atom. The molecule has 2 rings (SSSR count). The predicted molar refractivity (Wildman–Crippen MR) is 56.0 cm³/mol. The fourth-order valence-electron chi connectivity index (χ4n) is 2.28. The van der Waals surface area contributed by atoms with E-state index < -0.39 is 0 Å². The van der Waals surface area contributed by atoms with Crippen LogP contribution in [0.25, 0.3) is 0 Å². The van der Waals surface area contributed by atoms with Gasteiger partial charge in [-0.15, -0.1) is 0 Å². The number of likely N-dealkylation sites (tertiary alicyclic amines) is 1. The third kappa shape index (κ3) is 2.68. The summed E-state index contributed by atoms with van der Waals surface area (Å²) in [5.74, 6) is 0.